The molecule has 2 heterocycles. The standard InChI is InChI=1S/C17H21FN2O2/c1-10-11-5-6-13(18)12-7-8-20(15(11)12)9-14(10)19-16(21)22-17(2,3)4/h5-8,10,14H,9H2,1-4H3,(H,19,21)/t10?,14-/m1/s1. The largest absolute Gasteiger partial charge is 0.444 e. The highest BCUT2D eigenvalue weighted by Gasteiger charge is 2.30. The molecular weight excluding hydrogens is 283 g/mol. The molecule has 2 aromatic rings. The summed E-state index contributed by atoms with van der Waals surface area (Å²) >= 11 is 0. The molecule has 1 aromatic heterocycles. The van der Waals surface area contributed by atoms with Crippen LogP contribution in [0.1, 0.15) is 39.2 Å². The predicted octanol–water partition coefficient (Wildman–Crippen LogP) is 3.79. The fourth-order valence-electron chi connectivity index (χ4n) is 3.05. The zero-order valence-corrected chi connectivity index (χ0v) is 13.3. The SMILES string of the molecule is CC1c2ccc(F)c3ccn(c23)C[C@H]1NC(=O)OC(C)(C)C. The Kier molecular flexibility index (Phi) is 3.38. The van der Waals surface area contributed by atoms with Crippen molar-refractivity contribution in [1.82, 2.24) is 9.88 Å². The molecule has 118 valence electrons. The summed E-state index contributed by atoms with van der Waals surface area (Å²) < 4.78 is 21.2. The van der Waals surface area contributed by atoms with Crippen molar-refractivity contribution in [3.05, 3.63) is 35.8 Å². The first-order valence-corrected chi connectivity index (χ1v) is 7.53. The molecule has 1 aromatic carbocycles. The molecule has 0 bridgehead atoms. The van der Waals surface area contributed by atoms with E-state index in [0.29, 0.717) is 11.9 Å². The maximum absolute atomic E-state index is 13.9. The number of carbonyl (C=O) groups excluding carboxylic acids is 1. The molecule has 1 N–H and O–H groups in total. The Morgan fingerprint density at radius 2 is 2.09 bits per heavy atom. The Morgan fingerprint density at radius 3 is 2.77 bits per heavy atom. The van der Waals surface area contributed by atoms with Crippen LogP contribution in [0.3, 0.4) is 0 Å². The highest BCUT2D eigenvalue weighted by molar-refractivity contribution is 5.85. The molecule has 4 nitrogen and oxygen atoms in total. The summed E-state index contributed by atoms with van der Waals surface area (Å²) in [6, 6.07) is 5.01. The highest BCUT2D eigenvalue weighted by Crippen LogP contribution is 2.35. The van der Waals surface area contributed by atoms with E-state index in [1.165, 1.54) is 6.07 Å². The highest BCUT2D eigenvalue weighted by atomic mass is 19.1. The summed E-state index contributed by atoms with van der Waals surface area (Å²) in [4.78, 5) is 12.0. The lowest BCUT2D eigenvalue weighted by molar-refractivity contribution is 0.0491. The Bertz CT molecular complexity index is 730. The van der Waals surface area contributed by atoms with Crippen molar-refractivity contribution in [3.63, 3.8) is 0 Å². The normalized spacial score (nSPS) is 21.0. The van der Waals surface area contributed by atoms with Crippen molar-refractivity contribution in [2.45, 2.75) is 51.8 Å². The van der Waals surface area contributed by atoms with Crippen LogP contribution >= 0.6 is 0 Å². The molecule has 5 heteroatoms. The Labute approximate surface area is 129 Å². The van der Waals surface area contributed by atoms with Crippen molar-refractivity contribution in [2.24, 2.45) is 0 Å². The summed E-state index contributed by atoms with van der Waals surface area (Å²) in [6.45, 7) is 8.17. The number of amides is 1. The van der Waals surface area contributed by atoms with Crippen LogP contribution in [0.4, 0.5) is 9.18 Å². The van der Waals surface area contributed by atoms with Gasteiger partial charge in [-0.2, -0.15) is 0 Å². The van der Waals surface area contributed by atoms with Gasteiger partial charge in [0.2, 0.25) is 0 Å². The van der Waals surface area contributed by atoms with E-state index < -0.39 is 11.7 Å². The van der Waals surface area contributed by atoms with Gasteiger partial charge in [-0.1, -0.05) is 13.0 Å². The minimum atomic E-state index is -0.524. The van der Waals surface area contributed by atoms with E-state index in [9.17, 15) is 9.18 Å². The van der Waals surface area contributed by atoms with Crippen molar-refractivity contribution in [1.29, 1.82) is 0 Å². The van der Waals surface area contributed by atoms with Crippen LogP contribution in [0.15, 0.2) is 24.4 Å². The Hall–Kier alpha value is -2.04. The number of rotatable bonds is 1. The third-order valence-corrected chi connectivity index (χ3v) is 4.09. The lowest BCUT2D eigenvalue weighted by Crippen LogP contribution is -2.45. The van der Waals surface area contributed by atoms with Gasteiger partial charge in [0.25, 0.3) is 0 Å². The predicted molar refractivity (Wildman–Crippen MR) is 83.5 cm³/mol. The van der Waals surface area contributed by atoms with Gasteiger partial charge in [-0.25, -0.2) is 9.18 Å². The fraction of sp³-hybridized carbons (Fsp3) is 0.471. The van der Waals surface area contributed by atoms with Gasteiger partial charge in [0.15, 0.2) is 0 Å². The van der Waals surface area contributed by atoms with Crippen LogP contribution in [0, 0.1) is 5.82 Å². The number of carbonyl (C=O) groups is 1. The molecule has 0 saturated carbocycles. The smallest absolute Gasteiger partial charge is 0.407 e. The summed E-state index contributed by atoms with van der Waals surface area (Å²) in [6.07, 6.45) is 1.45. The first-order chi connectivity index (χ1) is 10.3. The first-order valence-electron chi connectivity index (χ1n) is 7.53. The lowest BCUT2D eigenvalue weighted by atomic mass is 9.89. The van der Waals surface area contributed by atoms with Crippen LogP contribution in [0.2, 0.25) is 0 Å². The van der Waals surface area contributed by atoms with E-state index in [4.69, 9.17) is 4.74 Å². The second-order valence-electron chi connectivity index (χ2n) is 6.91. The number of ether oxygens (including phenoxy) is 1. The molecule has 0 fully saturated rings. The van der Waals surface area contributed by atoms with Gasteiger partial charge < -0.3 is 14.6 Å². The molecule has 0 aliphatic carbocycles. The topological polar surface area (TPSA) is 43.3 Å². The number of alkyl carbamates (subject to hydrolysis) is 1. The molecular formula is C17H21FN2O2. The van der Waals surface area contributed by atoms with Gasteiger partial charge in [-0.15, -0.1) is 0 Å². The van der Waals surface area contributed by atoms with Gasteiger partial charge in [-0.05, 0) is 38.5 Å². The van der Waals surface area contributed by atoms with Crippen LogP contribution in [0.5, 0.6) is 0 Å². The first kappa shape index (κ1) is 14.9. The molecule has 0 radical (unpaired) electrons. The van der Waals surface area contributed by atoms with Gasteiger partial charge in [0.05, 0.1) is 11.6 Å². The van der Waals surface area contributed by atoms with E-state index in [0.717, 1.165) is 11.1 Å². The van der Waals surface area contributed by atoms with E-state index >= 15 is 0 Å². The fourth-order valence-corrected chi connectivity index (χ4v) is 3.05. The van der Waals surface area contributed by atoms with Crippen molar-refractivity contribution < 1.29 is 13.9 Å². The second kappa shape index (κ2) is 5.00. The lowest BCUT2D eigenvalue weighted by Gasteiger charge is -2.32. The van der Waals surface area contributed by atoms with Crippen molar-refractivity contribution in [2.75, 3.05) is 0 Å². The molecule has 0 spiro atoms. The summed E-state index contributed by atoms with van der Waals surface area (Å²) in [7, 11) is 0. The molecule has 1 aliphatic rings. The molecule has 0 saturated heterocycles. The number of benzene rings is 1. The summed E-state index contributed by atoms with van der Waals surface area (Å²) in [5.41, 5.74) is 1.45. The summed E-state index contributed by atoms with van der Waals surface area (Å²) in [5.74, 6) is -0.110. The third kappa shape index (κ3) is 2.56. The average molecular weight is 304 g/mol. The molecule has 2 atom stereocenters. The van der Waals surface area contributed by atoms with E-state index in [1.807, 2.05) is 44.5 Å². The quantitative estimate of drug-likeness (QED) is 0.871. The number of hydrogen-bond acceptors (Lipinski definition) is 2. The maximum atomic E-state index is 13.9. The minimum absolute atomic E-state index is 0.0802. The Morgan fingerprint density at radius 1 is 1.36 bits per heavy atom. The monoisotopic (exact) mass is 304 g/mol. The summed E-state index contributed by atoms with van der Waals surface area (Å²) in [5, 5.41) is 3.58. The van der Waals surface area contributed by atoms with Crippen LogP contribution < -0.4 is 5.32 Å². The minimum Gasteiger partial charge on any atom is -0.444 e. The van der Waals surface area contributed by atoms with E-state index in [1.54, 1.807) is 6.07 Å². The number of nitrogens with zero attached hydrogens (tertiary/aromatic N) is 1. The molecule has 3 rings (SSSR count). The van der Waals surface area contributed by atoms with Gasteiger partial charge >= 0.3 is 6.09 Å². The third-order valence-electron chi connectivity index (χ3n) is 4.09. The number of halogens is 1. The average Bonchev–Trinajstić information content (AvgIpc) is 2.80. The van der Waals surface area contributed by atoms with Gasteiger partial charge in [0.1, 0.15) is 11.4 Å². The number of aromatic nitrogens is 1. The van der Waals surface area contributed by atoms with Crippen LogP contribution in [-0.4, -0.2) is 22.3 Å². The number of hydrogen-bond donors (Lipinski definition) is 1. The van der Waals surface area contributed by atoms with E-state index in [-0.39, 0.29) is 17.8 Å². The maximum Gasteiger partial charge on any atom is 0.407 e. The van der Waals surface area contributed by atoms with Crippen molar-refractivity contribution >= 4 is 17.0 Å². The number of nitrogens with one attached hydrogen (secondary N) is 1. The van der Waals surface area contributed by atoms with Crippen molar-refractivity contribution in [3.8, 4) is 0 Å². The zero-order chi connectivity index (χ0) is 16.1. The van der Waals surface area contributed by atoms with Gasteiger partial charge in [-0.3, -0.25) is 0 Å². The van der Waals surface area contributed by atoms with Crippen LogP contribution in [-0.2, 0) is 11.3 Å². The molecule has 1 amide bonds. The van der Waals surface area contributed by atoms with E-state index in [2.05, 4.69) is 5.32 Å². The molecule has 1 aliphatic heterocycles. The van der Waals surface area contributed by atoms with Gasteiger partial charge in [0, 0.05) is 24.0 Å². The zero-order valence-electron chi connectivity index (χ0n) is 13.3. The Balaban J connectivity index is 1.87. The van der Waals surface area contributed by atoms with Crippen LogP contribution in [0.25, 0.3) is 10.9 Å². The molecule has 22 heavy (non-hydrogen) atoms. The second-order valence-corrected chi connectivity index (χ2v) is 6.91. The molecule has 1 unspecified atom stereocenters.